The standard InChI is InChI=1S/C7H8N4O2S/c1-6-2-3-10-11(6)14(12,13)7-4-8-5-9-7/h2-5H,1H3,(H,8,9). The van der Waals surface area contributed by atoms with Crippen LogP contribution in [0.25, 0.3) is 0 Å². The van der Waals surface area contributed by atoms with Gasteiger partial charge < -0.3 is 4.98 Å². The van der Waals surface area contributed by atoms with Crippen LogP contribution in [0.5, 0.6) is 0 Å². The molecule has 0 aliphatic rings. The Morgan fingerprint density at radius 2 is 2.29 bits per heavy atom. The average molecular weight is 212 g/mol. The number of nitrogens with zero attached hydrogens (tertiary/aromatic N) is 3. The number of aromatic amines is 1. The summed E-state index contributed by atoms with van der Waals surface area (Å²) < 4.78 is 24.6. The maximum absolute atomic E-state index is 11.8. The number of H-pyrrole nitrogens is 1. The van der Waals surface area contributed by atoms with Gasteiger partial charge in [-0.3, -0.25) is 0 Å². The van der Waals surface area contributed by atoms with Crippen molar-refractivity contribution in [2.75, 3.05) is 0 Å². The molecule has 0 amide bonds. The minimum absolute atomic E-state index is 0.0318. The van der Waals surface area contributed by atoms with Crippen molar-refractivity contribution in [3.63, 3.8) is 0 Å². The molecule has 0 spiro atoms. The van der Waals surface area contributed by atoms with E-state index in [1.165, 1.54) is 18.7 Å². The fourth-order valence-electron chi connectivity index (χ4n) is 1.09. The third-order valence-electron chi connectivity index (χ3n) is 1.77. The van der Waals surface area contributed by atoms with Crippen molar-refractivity contribution < 1.29 is 8.42 Å². The molecule has 7 heteroatoms. The van der Waals surface area contributed by atoms with Crippen molar-refractivity contribution in [2.45, 2.75) is 11.9 Å². The van der Waals surface area contributed by atoms with E-state index in [0.29, 0.717) is 5.69 Å². The molecule has 0 aromatic carbocycles. The van der Waals surface area contributed by atoms with E-state index in [1.807, 2.05) is 0 Å². The highest BCUT2D eigenvalue weighted by Gasteiger charge is 2.20. The first-order valence-electron chi connectivity index (χ1n) is 3.87. The minimum atomic E-state index is -3.60. The summed E-state index contributed by atoms with van der Waals surface area (Å²) in [5.41, 5.74) is 0.555. The van der Waals surface area contributed by atoms with E-state index in [4.69, 9.17) is 0 Å². The Hall–Kier alpha value is -1.63. The fraction of sp³-hybridized carbons (Fsp3) is 0.143. The Morgan fingerprint density at radius 1 is 1.50 bits per heavy atom. The number of hydrogen-bond acceptors (Lipinski definition) is 4. The Bertz CT molecular complexity index is 526. The molecule has 0 aliphatic heterocycles. The molecule has 0 atom stereocenters. The van der Waals surface area contributed by atoms with Gasteiger partial charge in [-0.2, -0.15) is 17.6 Å². The summed E-state index contributed by atoms with van der Waals surface area (Å²) in [4.78, 5) is 6.19. The molecule has 0 saturated carbocycles. The number of hydrogen-bond donors (Lipinski definition) is 1. The SMILES string of the molecule is Cc1ccnn1S(=O)(=O)c1cnc[nH]1. The molecule has 6 nitrogen and oxygen atoms in total. The van der Waals surface area contributed by atoms with Gasteiger partial charge in [-0.1, -0.05) is 0 Å². The lowest BCUT2D eigenvalue weighted by Gasteiger charge is -2.02. The summed E-state index contributed by atoms with van der Waals surface area (Å²) in [6.45, 7) is 1.67. The molecule has 0 bridgehead atoms. The lowest BCUT2D eigenvalue weighted by Crippen LogP contribution is -2.16. The molecule has 0 fully saturated rings. The first-order valence-corrected chi connectivity index (χ1v) is 5.31. The zero-order valence-corrected chi connectivity index (χ0v) is 8.19. The zero-order chi connectivity index (χ0) is 10.2. The summed E-state index contributed by atoms with van der Waals surface area (Å²) in [6, 6.07) is 1.62. The van der Waals surface area contributed by atoms with Crippen molar-refractivity contribution in [2.24, 2.45) is 0 Å². The van der Waals surface area contributed by atoms with Crippen molar-refractivity contribution in [3.05, 3.63) is 30.5 Å². The van der Waals surface area contributed by atoms with Gasteiger partial charge in [0.05, 0.1) is 24.4 Å². The van der Waals surface area contributed by atoms with Crippen LogP contribution >= 0.6 is 0 Å². The van der Waals surface area contributed by atoms with Crippen molar-refractivity contribution >= 4 is 10.0 Å². The van der Waals surface area contributed by atoms with E-state index in [1.54, 1.807) is 13.0 Å². The van der Waals surface area contributed by atoms with E-state index in [2.05, 4.69) is 15.1 Å². The second kappa shape index (κ2) is 2.95. The van der Waals surface area contributed by atoms with Crippen LogP contribution in [0.3, 0.4) is 0 Å². The van der Waals surface area contributed by atoms with Crippen molar-refractivity contribution in [1.82, 2.24) is 19.2 Å². The third-order valence-corrected chi connectivity index (χ3v) is 3.38. The van der Waals surface area contributed by atoms with Gasteiger partial charge in [-0.15, -0.1) is 0 Å². The van der Waals surface area contributed by atoms with Gasteiger partial charge in [0.25, 0.3) is 10.0 Å². The molecule has 2 aromatic heterocycles. The van der Waals surface area contributed by atoms with E-state index >= 15 is 0 Å². The van der Waals surface area contributed by atoms with Crippen molar-refractivity contribution in [3.8, 4) is 0 Å². The summed E-state index contributed by atoms with van der Waals surface area (Å²) in [6.07, 6.45) is 3.99. The van der Waals surface area contributed by atoms with Gasteiger partial charge in [0.1, 0.15) is 0 Å². The Labute approximate surface area is 80.7 Å². The summed E-state index contributed by atoms with van der Waals surface area (Å²) >= 11 is 0. The van der Waals surface area contributed by atoms with E-state index < -0.39 is 10.0 Å². The van der Waals surface area contributed by atoms with Gasteiger partial charge in [0.2, 0.25) is 0 Å². The van der Waals surface area contributed by atoms with Gasteiger partial charge in [0, 0.05) is 0 Å². The number of aryl methyl sites for hydroxylation is 1. The maximum atomic E-state index is 11.8. The quantitative estimate of drug-likeness (QED) is 0.768. The van der Waals surface area contributed by atoms with E-state index in [-0.39, 0.29) is 5.03 Å². The molecule has 0 saturated heterocycles. The largest absolute Gasteiger partial charge is 0.334 e. The Balaban J connectivity index is 2.60. The van der Waals surface area contributed by atoms with Gasteiger partial charge in [-0.05, 0) is 13.0 Å². The maximum Gasteiger partial charge on any atom is 0.300 e. The lowest BCUT2D eigenvalue weighted by atomic mass is 10.5. The molecule has 2 heterocycles. The molecular formula is C7H8N4O2S. The van der Waals surface area contributed by atoms with Crippen LogP contribution in [0.4, 0.5) is 0 Å². The number of nitrogens with one attached hydrogen (secondary N) is 1. The third kappa shape index (κ3) is 1.22. The molecule has 2 rings (SSSR count). The molecule has 0 aliphatic carbocycles. The molecule has 0 radical (unpaired) electrons. The van der Waals surface area contributed by atoms with Crippen LogP contribution in [-0.4, -0.2) is 27.6 Å². The van der Waals surface area contributed by atoms with Crippen LogP contribution in [0.15, 0.2) is 29.8 Å². The Kier molecular flexibility index (Phi) is 1.88. The summed E-state index contributed by atoms with van der Waals surface area (Å²) in [7, 11) is -3.60. The average Bonchev–Trinajstić information content (AvgIpc) is 2.72. The van der Waals surface area contributed by atoms with Gasteiger partial charge in [-0.25, -0.2) is 4.98 Å². The minimum Gasteiger partial charge on any atom is -0.334 e. The molecule has 2 aromatic rings. The summed E-state index contributed by atoms with van der Waals surface area (Å²) in [5.74, 6) is 0. The highest BCUT2D eigenvalue weighted by molar-refractivity contribution is 7.89. The second-order valence-corrected chi connectivity index (χ2v) is 4.47. The predicted octanol–water partition coefficient (Wildman–Crippen LogP) is 0.152. The Morgan fingerprint density at radius 3 is 2.79 bits per heavy atom. The highest BCUT2D eigenvalue weighted by atomic mass is 32.2. The van der Waals surface area contributed by atoms with Crippen LogP contribution in [0, 0.1) is 6.92 Å². The second-order valence-electron chi connectivity index (χ2n) is 2.74. The summed E-state index contributed by atoms with van der Waals surface area (Å²) in [5, 5.41) is 3.76. The van der Waals surface area contributed by atoms with Crippen LogP contribution in [0.1, 0.15) is 5.69 Å². The van der Waals surface area contributed by atoms with E-state index in [0.717, 1.165) is 4.09 Å². The number of imidazole rings is 1. The van der Waals surface area contributed by atoms with Gasteiger partial charge in [0.15, 0.2) is 5.03 Å². The predicted molar refractivity (Wildman–Crippen MR) is 48.1 cm³/mol. The van der Waals surface area contributed by atoms with Crippen molar-refractivity contribution in [1.29, 1.82) is 0 Å². The highest BCUT2D eigenvalue weighted by Crippen LogP contribution is 2.10. The van der Waals surface area contributed by atoms with E-state index in [9.17, 15) is 8.42 Å². The smallest absolute Gasteiger partial charge is 0.300 e. The fourth-order valence-corrected chi connectivity index (χ4v) is 2.29. The molecule has 74 valence electrons. The molecular weight excluding hydrogens is 204 g/mol. The topological polar surface area (TPSA) is 80.6 Å². The van der Waals surface area contributed by atoms with Crippen LogP contribution < -0.4 is 0 Å². The first-order chi connectivity index (χ1) is 6.62. The number of aromatic nitrogens is 4. The van der Waals surface area contributed by atoms with Crippen LogP contribution in [-0.2, 0) is 10.0 Å². The lowest BCUT2D eigenvalue weighted by molar-refractivity contribution is 0.575. The molecule has 1 N–H and O–H groups in total. The zero-order valence-electron chi connectivity index (χ0n) is 7.38. The first kappa shape index (κ1) is 8.95. The van der Waals surface area contributed by atoms with Crippen LogP contribution in [0.2, 0.25) is 0 Å². The molecule has 0 unspecified atom stereocenters. The van der Waals surface area contributed by atoms with Gasteiger partial charge >= 0.3 is 0 Å². The monoisotopic (exact) mass is 212 g/mol. The normalized spacial score (nSPS) is 11.8. The molecule has 14 heavy (non-hydrogen) atoms. The number of rotatable bonds is 2.